The van der Waals surface area contributed by atoms with Gasteiger partial charge in [-0.1, -0.05) is 119 Å². The van der Waals surface area contributed by atoms with Crippen LogP contribution < -0.4 is 5.32 Å². The van der Waals surface area contributed by atoms with E-state index >= 15 is 0 Å². The highest BCUT2D eigenvalue weighted by molar-refractivity contribution is 5.97. The first kappa shape index (κ1) is 24.2. The van der Waals surface area contributed by atoms with Crippen molar-refractivity contribution >= 4 is 22.1 Å². The third-order valence-electron chi connectivity index (χ3n) is 9.64. The standard InChI is InChI=1S/C40H33N/c1-39(2)35-16-10-8-14-30(35)33-24-28(18-20-36(33)39)41-38-23-26-12-6-5-11-25(26)21-32(38)27-17-19-31-29-13-7-9-15-34(29)40(3,4)37(31)22-27/h5-24,41H,1-4H3. The number of benzene rings is 6. The summed E-state index contributed by atoms with van der Waals surface area (Å²) in [5.74, 6) is 0. The van der Waals surface area contributed by atoms with E-state index in [1.54, 1.807) is 0 Å². The largest absolute Gasteiger partial charge is 0.355 e. The molecular weight excluding hydrogens is 494 g/mol. The summed E-state index contributed by atoms with van der Waals surface area (Å²) >= 11 is 0. The maximum absolute atomic E-state index is 3.86. The van der Waals surface area contributed by atoms with Crippen molar-refractivity contribution in [2.45, 2.75) is 38.5 Å². The summed E-state index contributed by atoms with van der Waals surface area (Å²) in [7, 11) is 0. The van der Waals surface area contributed by atoms with Gasteiger partial charge in [0.15, 0.2) is 0 Å². The maximum Gasteiger partial charge on any atom is 0.0470 e. The first-order valence-corrected chi connectivity index (χ1v) is 14.6. The molecule has 0 spiro atoms. The lowest BCUT2D eigenvalue weighted by Gasteiger charge is -2.23. The summed E-state index contributed by atoms with van der Waals surface area (Å²) in [4.78, 5) is 0. The van der Waals surface area contributed by atoms with Crippen molar-refractivity contribution in [1.29, 1.82) is 0 Å². The van der Waals surface area contributed by atoms with Crippen molar-refractivity contribution in [3.8, 4) is 33.4 Å². The number of fused-ring (bicyclic) bond motifs is 7. The van der Waals surface area contributed by atoms with Gasteiger partial charge in [0.1, 0.15) is 0 Å². The zero-order chi connectivity index (χ0) is 27.9. The zero-order valence-electron chi connectivity index (χ0n) is 24.0. The molecule has 1 heteroatoms. The van der Waals surface area contributed by atoms with Crippen LogP contribution in [0.1, 0.15) is 49.9 Å². The molecule has 2 aliphatic carbocycles. The molecule has 0 unspecified atom stereocenters. The molecule has 0 aliphatic heterocycles. The van der Waals surface area contributed by atoms with E-state index in [9.17, 15) is 0 Å². The Hall–Kier alpha value is -4.62. The van der Waals surface area contributed by atoms with E-state index < -0.39 is 0 Å². The molecule has 0 saturated carbocycles. The minimum absolute atomic E-state index is 0.00731. The normalized spacial score (nSPS) is 15.2. The lowest BCUT2D eigenvalue weighted by molar-refractivity contribution is 0.660. The van der Waals surface area contributed by atoms with Gasteiger partial charge in [0.25, 0.3) is 0 Å². The second-order valence-electron chi connectivity index (χ2n) is 12.7. The van der Waals surface area contributed by atoms with Crippen LogP contribution in [0.2, 0.25) is 0 Å². The Morgan fingerprint density at radius 3 is 1.71 bits per heavy atom. The Kier molecular flexibility index (Phi) is 4.98. The van der Waals surface area contributed by atoms with Crippen LogP contribution in [0.3, 0.4) is 0 Å². The fraction of sp³-hybridized carbons (Fsp3) is 0.150. The van der Waals surface area contributed by atoms with Gasteiger partial charge in [-0.25, -0.2) is 0 Å². The minimum Gasteiger partial charge on any atom is -0.355 e. The first-order valence-electron chi connectivity index (χ1n) is 14.6. The van der Waals surface area contributed by atoms with E-state index in [0.717, 1.165) is 11.4 Å². The van der Waals surface area contributed by atoms with Gasteiger partial charge >= 0.3 is 0 Å². The molecule has 0 radical (unpaired) electrons. The summed E-state index contributed by atoms with van der Waals surface area (Å²) < 4.78 is 0. The molecule has 2 aliphatic rings. The average Bonchev–Trinajstić information content (AvgIpc) is 3.36. The topological polar surface area (TPSA) is 12.0 Å². The van der Waals surface area contributed by atoms with Crippen LogP contribution in [0.15, 0.2) is 121 Å². The SMILES string of the molecule is CC1(C)c2ccccc2-c2cc(Nc3cc4ccccc4cc3-c3ccc4c(c3)C(C)(C)c3ccccc3-4)ccc21. The highest BCUT2D eigenvalue weighted by Crippen LogP contribution is 2.51. The maximum atomic E-state index is 3.86. The van der Waals surface area contributed by atoms with Gasteiger partial charge in [-0.3, -0.25) is 0 Å². The van der Waals surface area contributed by atoms with Crippen molar-refractivity contribution in [3.63, 3.8) is 0 Å². The van der Waals surface area contributed by atoms with E-state index in [1.807, 2.05) is 0 Å². The molecule has 1 N–H and O–H groups in total. The summed E-state index contributed by atoms with van der Waals surface area (Å²) in [6.07, 6.45) is 0. The molecule has 0 bridgehead atoms. The Labute approximate surface area is 242 Å². The summed E-state index contributed by atoms with van der Waals surface area (Å²) in [6, 6.07) is 45.0. The van der Waals surface area contributed by atoms with Crippen molar-refractivity contribution in [1.82, 2.24) is 0 Å². The number of anilines is 2. The summed E-state index contributed by atoms with van der Waals surface area (Å²) in [5.41, 5.74) is 15.7. The Balaban J connectivity index is 1.27. The molecule has 0 aromatic heterocycles. The second kappa shape index (κ2) is 8.44. The molecule has 0 saturated heterocycles. The quantitative estimate of drug-likeness (QED) is 0.241. The van der Waals surface area contributed by atoms with E-state index in [0.29, 0.717) is 0 Å². The molecule has 198 valence electrons. The van der Waals surface area contributed by atoms with Gasteiger partial charge in [0.05, 0.1) is 0 Å². The van der Waals surface area contributed by atoms with Crippen molar-refractivity contribution in [2.75, 3.05) is 5.32 Å². The number of nitrogens with one attached hydrogen (secondary N) is 1. The zero-order valence-corrected chi connectivity index (χ0v) is 24.0. The Bertz CT molecular complexity index is 2020. The smallest absolute Gasteiger partial charge is 0.0470 e. The van der Waals surface area contributed by atoms with Crippen LogP contribution in [0.4, 0.5) is 11.4 Å². The first-order chi connectivity index (χ1) is 19.8. The van der Waals surface area contributed by atoms with Crippen LogP contribution in [0.25, 0.3) is 44.2 Å². The monoisotopic (exact) mass is 527 g/mol. The van der Waals surface area contributed by atoms with E-state index in [-0.39, 0.29) is 10.8 Å². The molecule has 0 fully saturated rings. The molecule has 6 aromatic rings. The number of hydrogen-bond acceptors (Lipinski definition) is 1. The van der Waals surface area contributed by atoms with Crippen molar-refractivity contribution in [3.05, 3.63) is 144 Å². The second-order valence-corrected chi connectivity index (χ2v) is 12.7. The molecule has 6 aromatic carbocycles. The lowest BCUT2D eigenvalue weighted by Crippen LogP contribution is -2.15. The molecule has 41 heavy (non-hydrogen) atoms. The molecule has 0 amide bonds. The molecule has 8 rings (SSSR count). The van der Waals surface area contributed by atoms with Crippen LogP contribution in [-0.4, -0.2) is 0 Å². The van der Waals surface area contributed by atoms with Crippen molar-refractivity contribution < 1.29 is 0 Å². The van der Waals surface area contributed by atoms with Gasteiger partial charge in [-0.2, -0.15) is 0 Å². The van der Waals surface area contributed by atoms with Gasteiger partial charge in [-0.05, 0) is 91.2 Å². The highest BCUT2D eigenvalue weighted by Gasteiger charge is 2.36. The van der Waals surface area contributed by atoms with Crippen LogP contribution >= 0.6 is 0 Å². The Morgan fingerprint density at radius 2 is 0.976 bits per heavy atom. The minimum atomic E-state index is -0.0352. The fourth-order valence-electron chi connectivity index (χ4n) is 7.41. The van der Waals surface area contributed by atoms with Gasteiger partial charge in [0.2, 0.25) is 0 Å². The molecule has 1 nitrogen and oxygen atoms in total. The van der Waals surface area contributed by atoms with Crippen LogP contribution in [0, 0.1) is 0 Å². The molecule has 0 heterocycles. The third kappa shape index (κ3) is 3.48. The lowest BCUT2D eigenvalue weighted by atomic mass is 9.81. The predicted molar refractivity (Wildman–Crippen MR) is 174 cm³/mol. The van der Waals surface area contributed by atoms with E-state index in [2.05, 4.69) is 154 Å². The highest BCUT2D eigenvalue weighted by atomic mass is 14.9. The number of rotatable bonds is 3. The van der Waals surface area contributed by atoms with Crippen LogP contribution in [0.5, 0.6) is 0 Å². The average molecular weight is 528 g/mol. The third-order valence-corrected chi connectivity index (χ3v) is 9.64. The van der Waals surface area contributed by atoms with Crippen LogP contribution in [-0.2, 0) is 10.8 Å². The number of hydrogen-bond donors (Lipinski definition) is 1. The van der Waals surface area contributed by atoms with Crippen molar-refractivity contribution in [2.24, 2.45) is 0 Å². The van der Waals surface area contributed by atoms with Gasteiger partial charge < -0.3 is 5.32 Å². The van der Waals surface area contributed by atoms with E-state index in [1.165, 1.54) is 66.4 Å². The van der Waals surface area contributed by atoms with Gasteiger partial charge in [-0.15, -0.1) is 0 Å². The summed E-state index contributed by atoms with van der Waals surface area (Å²) in [6.45, 7) is 9.37. The fourth-order valence-corrected chi connectivity index (χ4v) is 7.41. The molecule has 0 atom stereocenters. The van der Waals surface area contributed by atoms with Gasteiger partial charge in [0, 0.05) is 27.8 Å². The summed E-state index contributed by atoms with van der Waals surface area (Å²) in [5, 5.41) is 6.34. The molecular formula is C40H33N. The predicted octanol–water partition coefficient (Wildman–Crippen LogP) is 10.9. The Morgan fingerprint density at radius 1 is 0.415 bits per heavy atom. The van der Waals surface area contributed by atoms with E-state index in [4.69, 9.17) is 0 Å².